The van der Waals surface area contributed by atoms with Gasteiger partial charge in [0.05, 0.1) is 30.5 Å². The van der Waals surface area contributed by atoms with E-state index in [4.69, 9.17) is 32.7 Å². The fraction of sp³-hybridized carbons (Fsp3) is 0.133. The number of nitrogens with one attached hydrogen (secondary N) is 1. The molecular weight excluding hydrogens is 332 g/mol. The Hall–Kier alpha value is -1.98. The number of benzene rings is 2. The summed E-state index contributed by atoms with van der Waals surface area (Å²) in [6, 6.07) is 6.78. The molecule has 0 unspecified atom stereocenters. The van der Waals surface area contributed by atoms with E-state index >= 15 is 0 Å². The average Bonchev–Trinajstić information content (AvgIpc) is 2.47. The molecule has 1 amide bonds. The number of amides is 1. The van der Waals surface area contributed by atoms with Crippen molar-refractivity contribution < 1.29 is 18.7 Å². The first-order valence-electron chi connectivity index (χ1n) is 6.14. The van der Waals surface area contributed by atoms with Crippen molar-refractivity contribution in [1.29, 1.82) is 0 Å². The first-order valence-corrected chi connectivity index (χ1v) is 6.89. The van der Waals surface area contributed by atoms with Gasteiger partial charge in [-0.3, -0.25) is 4.79 Å². The van der Waals surface area contributed by atoms with Crippen molar-refractivity contribution in [3.8, 4) is 11.5 Å². The third-order valence-corrected chi connectivity index (χ3v) is 3.43. The number of anilines is 1. The fourth-order valence-corrected chi connectivity index (χ4v) is 2.22. The molecule has 0 fully saturated rings. The fourth-order valence-electron chi connectivity index (χ4n) is 1.82. The number of hydrogen-bond donors (Lipinski definition) is 1. The predicted octanol–water partition coefficient (Wildman–Crippen LogP) is 4.40. The molecule has 22 heavy (non-hydrogen) atoms. The highest BCUT2D eigenvalue weighted by Gasteiger charge is 2.16. The molecule has 0 radical (unpaired) electrons. The molecule has 2 rings (SSSR count). The van der Waals surface area contributed by atoms with Crippen LogP contribution in [0.3, 0.4) is 0 Å². The van der Waals surface area contributed by atoms with E-state index in [0.29, 0.717) is 17.2 Å². The molecule has 0 aliphatic carbocycles. The molecule has 0 bridgehead atoms. The van der Waals surface area contributed by atoms with Gasteiger partial charge in [0.2, 0.25) is 0 Å². The predicted molar refractivity (Wildman–Crippen MR) is 83.9 cm³/mol. The second kappa shape index (κ2) is 6.85. The molecule has 0 aromatic heterocycles. The first kappa shape index (κ1) is 16.4. The molecule has 0 saturated heterocycles. The summed E-state index contributed by atoms with van der Waals surface area (Å²) in [5, 5.41) is 3.04. The number of carbonyl (C=O) groups is 1. The van der Waals surface area contributed by atoms with E-state index in [0.717, 1.165) is 6.07 Å². The van der Waals surface area contributed by atoms with Gasteiger partial charge in [0.25, 0.3) is 5.91 Å². The number of carbonyl (C=O) groups excluding carboxylic acids is 1. The van der Waals surface area contributed by atoms with Gasteiger partial charge in [-0.05, 0) is 24.3 Å². The largest absolute Gasteiger partial charge is 0.495 e. The van der Waals surface area contributed by atoms with Crippen LogP contribution in [0.5, 0.6) is 11.5 Å². The van der Waals surface area contributed by atoms with Gasteiger partial charge in [-0.2, -0.15) is 0 Å². The minimum absolute atomic E-state index is 0.140. The molecule has 0 spiro atoms. The van der Waals surface area contributed by atoms with E-state index in [-0.39, 0.29) is 15.6 Å². The molecule has 2 aromatic rings. The van der Waals surface area contributed by atoms with Crippen LogP contribution in [0.2, 0.25) is 10.0 Å². The quantitative estimate of drug-likeness (QED) is 0.894. The Balaban J connectivity index is 2.33. The summed E-state index contributed by atoms with van der Waals surface area (Å²) in [5.74, 6) is -0.629. The van der Waals surface area contributed by atoms with Crippen LogP contribution in [0.1, 0.15) is 10.4 Å². The van der Waals surface area contributed by atoms with Gasteiger partial charge in [0, 0.05) is 11.1 Å². The van der Waals surface area contributed by atoms with Gasteiger partial charge in [-0.1, -0.05) is 23.2 Å². The topological polar surface area (TPSA) is 47.6 Å². The Labute approximate surface area is 136 Å². The third kappa shape index (κ3) is 3.43. The molecule has 0 atom stereocenters. The summed E-state index contributed by atoms with van der Waals surface area (Å²) < 4.78 is 24.0. The van der Waals surface area contributed by atoms with Crippen molar-refractivity contribution in [2.45, 2.75) is 0 Å². The van der Waals surface area contributed by atoms with Gasteiger partial charge in [-0.15, -0.1) is 0 Å². The van der Waals surface area contributed by atoms with E-state index in [9.17, 15) is 9.18 Å². The van der Waals surface area contributed by atoms with Gasteiger partial charge >= 0.3 is 0 Å². The molecule has 116 valence electrons. The summed E-state index contributed by atoms with van der Waals surface area (Å²) in [5.41, 5.74) is 0.158. The van der Waals surface area contributed by atoms with Crippen LogP contribution < -0.4 is 14.8 Å². The Bertz CT molecular complexity index is 722. The number of halogens is 3. The Kier molecular flexibility index (Phi) is 5.11. The summed E-state index contributed by atoms with van der Waals surface area (Å²) in [6.45, 7) is 0. The normalized spacial score (nSPS) is 10.2. The van der Waals surface area contributed by atoms with Crippen molar-refractivity contribution in [2.24, 2.45) is 0 Å². The monoisotopic (exact) mass is 343 g/mol. The molecule has 0 saturated carbocycles. The smallest absolute Gasteiger partial charge is 0.258 e. The Morgan fingerprint density at radius 3 is 2.36 bits per heavy atom. The number of ether oxygens (including phenoxy) is 2. The van der Waals surface area contributed by atoms with Crippen LogP contribution in [0.15, 0.2) is 30.3 Å². The molecule has 1 N–H and O–H groups in total. The minimum atomic E-state index is -0.719. The van der Waals surface area contributed by atoms with Crippen molar-refractivity contribution in [1.82, 2.24) is 0 Å². The third-order valence-electron chi connectivity index (χ3n) is 2.90. The second-order valence-corrected chi connectivity index (χ2v) is 5.11. The van der Waals surface area contributed by atoms with Gasteiger partial charge in [-0.25, -0.2) is 4.39 Å². The van der Waals surface area contributed by atoms with Gasteiger partial charge in [0.15, 0.2) is 0 Å². The van der Waals surface area contributed by atoms with E-state index in [1.165, 1.54) is 38.5 Å². The standard InChI is InChI=1S/C15H12Cl2FNO3/c1-21-13-7-14(22-2)12(6-10(13)17)19-15(20)9-4-3-8(16)5-11(9)18/h3-7H,1-2H3,(H,19,20). The zero-order chi connectivity index (χ0) is 16.3. The highest BCUT2D eigenvalue weighted by Crippen LogP contribution is 2.36. The SMILES string of the molecule is COc1cc(OC)c(NC(=O)c2ccc(Cl)cc2F)cc1Cl. The molecule has 0 aliphatic heterocycles. The lowest BCUT2D eigenvalue weighted by Crippen LogP contribution is -2.14. The lowest BCUT2D eigenvalue weighted by Gasteiger charge is -2.13. The highest BCUT2D eigenvalue weighted by molar-refractivity contribution is 6.32. The van der Waals surface area contributed by atoms with Crippen LogP contribution in [0.4, 0.5) is 10.1 Å². The number of methoxy groups -OCH3 is 2. The number of hydrogen-bond acceptors (Lipinski definition) is 3. The zero-order valence-electron chi connectivity index (χ0n) is 11.7. The van der Waals surface area contributed by atoms with E-state index in [1.807, 2.05) is 0 Å². The Morgan fingerprint density at radius 1 is 1.09 bits per heavy atom. The zero-order valence-corrected chi connectivity index (χ0v) is 13.3. The van der Waals surface area contributed by atoms with Crippen LogP contribution in [0, 0.1) is 5.82 Å². The Morgan fingerprint density at radius 2 is 1.77 bits per heavy atom. The van der Waals surface area contributed by atoms with Crippen molar-refractivity contribution >= 4 is 34.8 Å². The van der Waals surface area contributed by atoms with E-state index < -0.39 is 11.7 Å². The maximum absolute atomic E-state index is 13.8. The van der Waals surface area contributed by atoms with Gasteiger partial charge < -0.3 is 14.8 Å². The molecule has 4 nitrogen and oxygen atoms in total. The van der Waals surface area contributed by atoms with Crippen LogP contribution >= 0.6 is 23.2 Å². The maximum Gasteiger partial charge on any atom is 0.258 e. The number of rotatable bonds is 4. The lowest BCUT2D eigenvalue weighted by atomic mass is 10.2. The summed E-state index contributed by atoms with van der Waals surface area (Å²) in [7, 11) is 2.89. The van der Waals surface area contributed by atoms with Gasteiger partial charge in [0.1, 0.15) is 17.3 Å². The maximum atomic E-state index is 13.8. The second-order valence-electron chi connectivity index (χ2n) is 4.27. The van der Waals surface area contributed by atoms with Crippen molar-refractivity contribution in [2.75, 3.05) is 19.5 Å². The molecule has 0 heterocycles. The first-order chi connectivity index (χ1) is 10.5. The average molecular weight is 344 g/mol. The van der Waals surface area contributed by atoms with Crippen LogP contribution in [0.25, 0.3) is 0 Å². The van der Waals surface area contributed by atoms with E-state index in [2.05, 4.69) is 5.32 Å². The summed E-state index contributed by atoms with van der Waals surface area (Å²) >= 11 is 11.7. The molecule has 0 aliphatic rings. The summed E-state index contributed by atoms with van der Waals surface area (Å²) in [4.78, 5) is 12.2. The van der Waals surface area contributed by atoms with Crippen molar-refractivity contribution in [3.05, 3.63) is 51.8 Å². The van der Waals surface area contributed by atoms with Crippen LogP contribution in [-0.4, -0.2) is 20.1 Å². The highest BCUT2D eigenvalue weighted by atomic mass is 35.5. The summed E-state index contributed by atoms with van der Waals surface area (Å²) in [6.07, 6.45) is 0. The molecular formula is C15H12Cl2FNO3. The van der Waals surface area contributed by atoms with E-state index in [1.54, 1.807) is 0 Å². The molecule has 7 heteroatoms. The van der Waals surface area contributed by atoms with Crippen LogP contribution in [-0.2, 0) is 0 Å². The minimum Gasteiger partial charge on any atom is -0.495 e. The lowest BCUT2D eigenvalue weighted by molar-refractivity contribution is 0.102. The van der Waals surface area contributed by atoms with Crippen molar-refractivity contribution in [3.63, 3.8) is 0 Å². The molecule has 2 aromatic carbocycles.